The number of aryl methyl sites for hydroxylation is 1. The Labute approximate surface area is 120 Å². The maximum absolute atomic E-state index is 12.8. The van der Waals surface area contributed by atoms with Crippen LogP contribution in [-0.2, 0) is 17.1 Å². The van der Waals surface area contributed by atoms with Crippen LogP contribution in [0.3, 0.4) is 0 Å². The van der Waals surface area contributed by atoms with E-state index in [1.165, 1.54) is 23.7 Å². The highest BCUT2D eigenvalue weighted by molar-refractivity contribution is 7.89. The van der Waals surface area contributed by atoms with Crippen LogP contribution in [0.5, 0.6) is 0 Å². The third kappa shape index (κ3) is 2.75. The van der Waals surface area contributed by atoms with Crippen LogP contribution in [0.15, 0.2) is 17.3 Å². The van der Waals surface area contributed by atoms with Crippen LogP contribution in [0.25, 0.3) is 0 Å². The van der Waals surface area contributed by atoms with Crippen molar-refractivity contribution in [3.05, 3.63) is 12.3 Å². The first-order chi connectivity index (χ1) is 9.59. The fourth-order valence-electron chi connectivity index (χ4n) is 2.82. The molecule has 0 bridgehead atoms. The van der Waals surface area contributed by atoms with E-state index in [1.54, 1.807) is 17.4 Å². The molecule has 1 aliphatic heterocycles. The molecule has 2 heterocycles. The summed E-state index contributed by atoms with van der Waals surface area (Å²) in [5.41, 5.74) is 0. The molecular weight excluding hydrogens is 276 g/mol. The van der Waals surface area contributed by atoms with Gasteiger partial charge in [-0.25, -0.2) is 8.42 Å². The van der Waals surface area contributed by atoms with E-state index in [0.29, 0.717) is 12.6 Å². The lowest BCUT2D eigenvalue weighted by Gasteiger charge is -2.34. The molecule has 3 rings (SSSR count). The standard InChI is InChI=1S/C13H22N4O2S/c1-16-13(7-8-15-16)20(18,19)17-9-3-2-4-12(17)10-14-11-5-6-11/h7-8,11-12,14H,2-6,9-10H2,1H3. The summed E-state index contributed by atoms with van der Waals surface area (Å²) in [6.07, 6.45) is 6.97. The number of piperidine rings is 1. The summed E-state index contributed by atoms with van der Waals surface area (Å²) in [6.45, 7) is 1.38. The van der Waals surface area contributed by atoms with Crippen molar-refractivity contribution in [1.82, 2.24) is 19.4 Å². The molecular formula is C13H22N4O2S. The van der Waals surface area contributed by atoms with Crippen LogP contribution >= 0.6 is 0 Å². The largest absolute Gasteiger partial charge is 0.312 e. The molecule has 20 heavy (non-hydrogen) atoms. The van der Waals surface area contributed by atoms with E-state index < -0.39 is 10.0 Å². The highest BCUT2D eigenvalue weighted by atomic mass is 32.2. The van der Waals surface area contributed by atoms with Gasteiger partial charge in [0, 0.05) is 32.2 Å². The Balaban J connectivity index is 1.79. The minimum Gasteiger partial charge on any atom is -0.312 e. The topological polar surface area (TPSA) is 67.2 Å². The van der Waals surface area contributed by atoms with E-state index >= 15 is 0 Å². The Morgan fingerprint density at radius 3 is 2.80 bits per heavy atom. The lowest BCUT2D eigenvalue weighted by atomic mass is 10.1. The van der Waals surface area contributed by atoms with E-state index in [9.17, 15) is 8.42 Å². The van der Waals surface area contributed by atoms with E-state index in [1.807, 2.05) is 0 Å². The number of hydrogen-bond acceptors (Lipinski definition) is 4. The molecule has 6 nitrogen and oxygen atoms in total. The number of rotatable bonds is 5. The van der Waals surface area contributed by atoms with Crippen LogP contribution < -0.4 is 5.32 Å². The maximum atomic E-state index is 12.8. The molecule has 0 aromatic carbocycles. The van der Waals surface area contributed by atoms with Gasteiger partial charge >= 0.3 is 0 Å². The Hall–Kier alpha value is -0.920. The van der Waals surface area contributed by atoms with Gasteiger partial charge in [-0.05, 0) is 31.7 Å². The lowest BCUT2D eigenvalue weighted by Crippen LogP contribution is -2.49. The SMILES string of the molecule is Cn1nccc1S(=O)(=O)N1CCCCC1CNC1CC1. The van der Waals surface area contributed by atoms with Gasteiger partial charge < -0.3 is 5.32 Å². The van der Waals surface area contributed by atoms with E-state index in [0.717, 1.165) is 25.8 Å². The van der Waals surface area contributed by atoms with Gasteiger partial charge in [0.2, 0.25) is 0 Å². The Kier molecular flexibility index (Phi) is 3.83. The first-order valence-electron chi connectivity index (χ1n) is 7.32. The van der Waals surface area contributed by atoms with Crippen LogP contribution in [0.2, 0.25) is 0 Å². The first-order valence-corrected chi connectivity index (χ1v) is 8.76. The van der Waals surface area contributed by atoms with Crippen molar-refractivity contribution in [3.8, 4) is 0 Å². The van der Waals surface area contributed by atoms with Crippen molar-refractivity contribution in [3.63, 3.8) is 0 Å². The van der Waals surface area contributed by atoms with E-state index in [-0.39, 0.29) is 11.1 Å². The molecule has 1 saturated heterocycles. The van der Waals surface area contributed by atoms with Crippen LogP contribution in [0.4, 0.5) is 0 Å². The monoisotopic (exact) mass is 298 g/mol. The predicted octanol–water partition coefficient (Wildman–Crippen LogP) is 0.715. The summed E-state index contributed by atoms with van der Waals surface area (Å²) in [6, 6.07) is 2.26. The second-order valence-corrected chi connectivity index (χ2v) is 7.58. The van der Waals surface area contributed by atoms with Crippen LogP contribution in [0, 0.1) is 0 Å². The van der Waals surface area contributed by atoms with Crippen molar-refractivity contribution < 1.29 is 8.42 Å². The van der Waals surface area contributed by atoms with Gasteiger partial charge in [0.25, 0.3) is 10.0 Å². The van der Waals surface area contributed by atoms with Crippen molar-refractivity contribution >= 4 is 10.0 Å². The summed E-state index contributed by atoms with van der Waals surface area (Å²) in [7, 11) is -1.76. The smallest absolute Gasteiger partial charge is 0.260 e. The zero-order chi connectivity index (χ0) is 14.2. The second kappa shape index (κ2) is 5.46. The average Bonchev–Trinajstić information content (AvgIpc) is 3.16. The molecule has 1 aromatic rings. The molecule has 2 fully saturated rings. The normalized spacial score (nSPS) is 24.9. The van der Waals surface area contributed by atoms with Crippen LogP contribution in [-0.4, -0.2) is 47.7 Å². The van der Waals surface area contributed by atoms with Gasteiger partial charge in [-0.15, -0.1) is 0 Å². The highest BCUT2D eigenvalue weighted by Crippen LogP contribution is 2.26. The lowest BCUT2D eigenvalue weighted by molar-refractivity contribution is 0.243. The maximum Gasteiger partial charge on any atom is 0.260 e. The average molecular weight is 298 g/mol. The predicted molar refractivity (Wildman–Crippen MR) is 75.8 cm³/mol. The fourth-order valence-corrected chi connectivity index (χ4v) is 4.62. The van der Waals surface area contributed by atoms with Crippen molar-refractivity contribution in [2.75, 3.05) is 13.1 Å². The quantitative estimate of drug-likeness (QED) is 0.869. The van der Waals surface area contributed by atoms with Crippen molar-refractivity contribution in [2.24, 2.45) is 7.05 Å². The molecule has 1 unspecified atom stereocenters. The Morgan fingerprint density at radius 1 is 1.35 bits per heavy atom. The number of nitrogens with one attached hydrogen (secondary N) is 1. The number of nitrogens with zero attached hydrogens (tertiary/aromatic N) is 3. The number of sulfonamides is 1. The van der Waals surface area contributed by atoms with Gasteiger partial charge in [-0.3, -0.25) is 4.68 Å². The Morgan fingerprint density at radius 2 is 2.15 bits per heavy atom. The van der Waals surface area contributed by atoms with Gasteiger partial charge in [0.15, 0.2) is 5.03 Å². The summed E-state index contributed by atoms with van der Waals surface area (Å²) in [5, 5.41) is 7.73. The third-order valence-corrected chi connectivity index (χ3v) is 6.17. The van der Waals surface area contributed by atoms with E-state index in [4.69, 9.17) is 0 Å². The fraction of sp³-hybridized carbons (Fsp3) is 0.769. The molecule has 0 radical (unpaired) electrons. The highest BCUT2D eigenvalue weighted by Gasteiger charge is 2.35. The summed E-state index contributed by atoms with van der Waals surface area (Å²) < 4.78 is 28.7. The Bertz CT molecular complexity index is 565. The third-order valence-electron chi connectivity index (χ3n) is 4.14. The molecule has 1 saturated carbocycles. The van der Waals surface area contributed by atoms with Crippen molar-refractivity contribution in [1.29, 1.82) is 0 Å². The molecule has 1 atom stereocenters. The molecule has 7 heteroatoms. The van der Waals surface area contributed by atoms with Gasteiger partial charge in [-0.1, -0.05) is 6.42 Å². The van der Waals surface area contributed by atoms with Crippen LogP contribution in [0.1, 0.15) is 32.1 Å². The molecule has 1 aromatic heterocycles. The summed E-state index contributed by atoms with van der Waals surface area (Å²) >= 11 is 0. The van der Waals surface area contributed by atoms with E-state index in [2.05, 4.69) is 10.4 Å². The molecule has 1 aliphatic carbocycles. The molecule has 112 valence electrons. The van der Waals surface area contributed by atoms with Gasteiger partial charge in [-0.2, -0.15) is 9.40 Å². The second-order valence-electron chi connectivity index (χ2n) is 5.74. The first kappa shape index (κ1) is 14.0. The summed E-state index contributed by atoms with van der Waals surface area (Å²) in [4.78, 5) is 0. The molecule has 0 spiro atoms. The minimum atomic E-state index is -3.43. The molecule has 1 N–H and O–H groups in total. The molecule has 0 amide bonds. The number of hydrogen-bond donors (Lipinski definition) is 1. The minimum absolute atomic E-state index is 0.0734. The van der Waals surface area contributed by atoms with Gasteiger partial charge in [0.05, 0.1) is 6.20 Å². The zero-order valence-corrected chi connectivity index (χ0v) is 12.6. The number of aromatic nitrogens is 2. The van der Waals surface area contributed by atoms with Crippen molar-refractivity contribution in [2.45, 2.75) is 49.2 Å². The summed E-state index contributed by atoms with van der Waals surface area (Å²) in [5.74, 6) is 0. The zero-order valence-electron chi connectivity index (χ0n) is 11.8. The molecule has 2 aliphatic rings. The van der Waals surface area contributed by atoms with Gasteiger partial charge in [0.1, 0.15) is 0 Å².